The van der Waals surface area contributed by atoms with Crippen molar-refractivity contribution in [3.8, 4) is 0 Å². The zero-order valence-corrected chi connectivity index (χ0v) is 11.7. The summed E-state index contributed by atoms with van der Waals surface area (Å²) >= 11 is 0. The fourth-order valence-corrected chi connectivity index (χ4v) is 2.73. The maximum Gasteiger partial charge on any atom is 0.311 e. The molecule has 0 aromatic heterocycles. The van der Waals surface area contributed by atoms with E-state index in [0.717, 1.165) is 12.1 Å². The number of benzene rings is 1. The molecule has 1 amide bonds. The summed E-state index contributed by atoms with van der Waals surface area (Å²) < 4.78 is 26.1. The Bertz CT molecular complexity index is 576. The Morgan fingerprint density at radius 3 is 2.62 bits per heavy atom. The standard InChI is InChI=1S/C15H17F2NO3/c1-2-15(14(20)21)6-3-7-18(9-15)13(19)10-4-5-11(16)12(17)8-10/h4-5,8H,2-3,6-7,9H2,1H3,(H,20,21). The highest BCUT2D eigenvalue weighted by atomic mass is 19.2. The molecular formula is C15H17F2NO3. The molecule has 0 aliphatic carbocycles. The van der Waals surface area contributed by atoms with E-state index in [1.165, 1.54) is 11.0 Å². The number of nitrogens with zero attached hydrogens (tertiary/aromatic N) is 1. The number of piperidine rings is 1. The lowest BCUT2D eigenvalue weighted by atomic mass is 9.77. The molecule has 1 aliphatic rings. The van der Waals surface area contributed by atoms with Gasteiger partial charge in [0.25, 0.3) is 5.91 Å². The van der Waals surface area contributed by atoms with Gasteiger partial charge in [-0.25, -0.2) is 8.78 Å². The number of hydrogen-bond donors (Lipinski definition) is 1. The van der Waals surface area contributed by atoms with Gasteiger partial charge in [-0.3, -0.25) is 9.59 Å². The molecule has 1 unspecified atom stereocenters. The maximum atomic E-state index is 13.2. The van der Waals surface area contributed by atoms with Gasteiger partial charge in [-0.15, -0.1) is 0 Å². The van der Waals surface area contributed by atoms with Gasteiger partial charge < -0.3 is 10.0 Å². The van der Waals surface area contributed by atoms with Gasteiger partial charge in [-0.05, 0) is 37.5 Å². The van der Waals surface area contributed by atoms with Crippen LogP contribution in [-0.4, -0.2) is 35.0 Å². The summed E-state index contributed by atoms with van der Waals surface area (Å²) in [7, 11) is 0. The fourth-order valence-electron chi connectivity index (χ4n) is 2.73. The lowest BCUT2D eigenvalue weighted by Gasteiger charge is -2.39. The first kappa shape index (κ1) is 15.4. The van der Waals surface area contributed by atoms with E-state index in [1.54, 1.807) is 6.92 Å². The molecule has 1 atom stereocenters. The number of carboxylic acids is 1. The van der Waals surface area contributed by atoms with E-state index in [2.05, 4.69) is 0 Å². The zero-order valence-electron chi connectivity index (χ0n) is 11.7. The average Bonchev–Trinajstić information content (AvgIpc) is 2.49. The molecule has 4 nitrogen and oxygen atoms in total. The molecule has 21 heavy (non-hydrogen) atoms. The van der Waals surface area contributed by atoms with Crippen molar-refractivity contribution in [3.63, 3.8) is 0 Å². The topological polar surface area (TPSA) is 57.6 Å². The minimum atomic E-state index is -1.09. The Morgan fingerprint density at radius 1 is 1.33 bits per heavy atom. The monoisotopic (exact) mass is 297 g/mol. The van der Waals surface area contributed by atoms with Crippen molar-refractivity contribution in [2.45, 2.75) is 26.2 Å². The van der Waals surface area contributed by atoms with Crippen LogP contribution in [0.5, 0.6) is 0 Å². The van der Waals surface area contributed by atoms with E-state index in [4.69, 9.17) is 0 Å². The van der Waals surface area contributed by atoms with Crippen LogP contribution in [0.1, 0.15) is 36.5 Å². The second-order valence-electron chi connectivity index (χ2n) is 5.40. The van der Waals surface area contributed by atoms with E-state index in [9.17, 15) is 23.5 Å². The van der Waals surface area contributed by atoms with E-state index < -0.39 is 28.9 Å². The van der Waals surface area contributed by atoms with Crippen molar-refractivity contribution in [1.29, 1.82) is 0 Å². The number of carbonyl (C=O) groups excluding carboxylic acids is 1. The zero-order chi connectivity index (χ0) is 15.6. The molecule has 2 rings (SSSR count). The largest absolute Gasteiger partial charge is 0.481 e. The van der Waals surface area contributed by atoms with Crippen molar-refractivity contribution in [2.24, 2.45) is 5.41 Å². The number of aliphatic carboxylic acids is 1. The summed E-state index contributed by atoms with van der Waals surface area (Å²) in [6.07, 6.45) is 1.51. The normalized spacial score (nSPS) is 22.1. The lowest BCUT2D eigenvalue weighted by molar-refractivity contribution is -0.152. The van der Waals surface area contributed by atoms with Gasteiger partial charge >= 0.3 is 5.97 Å². The highest BCUT2D eigenvalue weighted by Gasteiger charge is 2.42. The van der Waals surface area contributed by atoms with Crippen LogP contribution >= 0.6 is 0 Å². The molecular weight excluding hydrogens is 280 g/mol. The van der Waals surface area contributed by atoms with Gasteiger partial charge in [0.05, 0.1) is 5.41 Å². The third-order valence-electron chi connectivity index (χ3n) is 4.16. The Hall–Kier alpha value is -1.98. The van der Waals surface area contributed by atoms with Crippen molar-refractivity contribution >= 4 is 11.9 Å². The van der Waals surface area contributed by atoms with E-state index in [-0.39, 0.29) is 12.1 Å². The summed E-state index contributed by atoms with van der Waals surface area (Å²) in [6.45, 7) is 2.29. The van der Waals surface area contributed by atoms with Gasteiger partial charge in [0.2, 0.25) is 0 Å². The van der Waals surface area contributed by atoms with Gasteiger partial charge in [0.1, 0.15) is 0 Å². The average molecular weight is 297 g/mol. The number of halogens is 2. The Labute approximate surface area is 121 Å². The summed E-state index contributed by atoms with van der Waals surface area (Å²) in [6, 6.07) is 2.96. The van der Waals surface area contributed by atoms with Gasteiger partial charge in [-0.1, -0.05) is 6.92 Å². The molecule has 114 valence electrons. The summed E-state index contributed by atoms with van der Waals surface area (Å²) in [4.78, 5) is 25.2. The smallest absolute Gasteiger partial charge is 0.311 e. The number of hydrogen-bond acceptors (Lipinski definition) is 2. The van der Waals surface area contributed by atoms with Crippen LogP contribution in [0, 0.1) is 17.0 Å². The van der Waals surface area contributed by atoms with Crippen molar-refractivity contribution < 1.29 is 23.5 Å². The molecule has 0 saturated carbocycles. The first-order valence-electron chi connectivity index (χ1n) is 6.87. The van der Waals surface area contributed by atoms with Gasteiger partial charge in [0.15, 0.2) is 11.6 Å². The van der Waals surface area contributed by atoms with Crippen molar-refractivity contribution in [3.05, 3.63) is 35.4 Å². The summed E-state index contributed by atoms with van der Waals surface area (Å²) in [5.74, 6) is -3.49. The fraction of sp³-hybridized carbons (Fsp3) is 0.467. The highest BCUT2D eigenvalue weighted by molar-refractivity contribution is 5.94. The molecule has 0 radical (unpaired) electrons. The lowest BCUT2D eigenvalue weighted by Crippen LogP contribution is -2.49. The van der Waals surface area contributed by atoms with Crippen LogP contribution in [0.15, 0.2) is 18.2 Å². The van der Waals surface area contributed by atoms with Crippen LogP contribution in [0.2, 0.25) is 0 Å². The summed E-state index contributed by atoms with van der Waals surface area (Å²) in [5, 5.41) is 9.39. The second-order valence-corrected chi connectivity index (χ2v) is 5.40. The minimum absolute atomic E-state index is 0.0335. The Kier molecular flexibility index (Phi) is 4.25. The van der Waals surface area contributed by atoms with E-state index >= 15 is 0 Å². The predicted octanol–water partition coefficient (Wildman–Crippen LogP) is 2.68. The number of amides is 1. The highest BCUT2D eigenvalue weighted by Crippen LogP contribution is 2.34. The van der Waals surface area contributed by atoms with Gasteiger partial charge in [0, 0.05) is 18.7 Å². The Balaban J connectivity index is 2.22. The number of likely N-dealkylation sites (tertiary alicyclic amines) is 1. The summed E-state index contributed by atoms with van der Waals surface area (Å²) in [5.41, 5.74) is -0.918. The Morgan fingerprint density at radius 2 is 2.05 bits per heavy atom. The van der Waals surface area contributed by atoms with Crippen LogP contribution in [0.4, 0.5) is 8.78 Å². The molecule has 1 aromatic rings. The first-order chi connectivity index (χ1) is 9.89. The van der Waals surface area contributed by atoms with Crippen LogP contribution in [0.3, 0.4) is 0 Å². The third-order valence-corrected chi connectivity index (χ3v) is 4.16. The van der Waals surface area contributed by atoms with Gasteiger partial charge in [-0.2, -0.15) is 0 Å². The van der Waals surface area contributed by atoms with Crippen molar-refractivity contribution in [1.82, 2.24) is 4.90 Å². The molecule has 1 aromatic carbocycles. The predicted molar refractivity (Wildman–Crippen MR) is 71.9 cm³/mol. The molecule has 1 heterocycles. The molecule has 0 bridgehead atoms. The number of carboxylic acid groups (broad SMARTS) is 1. The molecule has 1 N–H and O–H groups in total. The quantitative estimate of drug-likeness (QED) is 0.933. The molecule has 1 aliphatic heterocycles. The third kappa shape index (κ3) is 2.89. The van der Waals surface area contributed by atoms with Crippen LogP contribution < -0.4 is 0 Å². The van der Waals surface area contributed by atoms with Crippen LogP contribution in [0.25, 0.3) is 0 Å². The SMILES string of the molecule is CCC1(C(=O)O)CCCN(C(=O)c2ccc(F)c(F)c2)C1. The molecule has 0 spiro atoms. The second kappa shape index (κ2) is 5.79. The van der Waals surface area contributed by atoms with E-state index in [0.29, 0.717) is 25.8 Å². The van der Waals surface area contributed by atoms with Crippen LogP contribution in [-0.2, 0) is 4.79 Å². The first-order valence-corrected chi connectivity index (χ1v) is 6.87. The molecule has 1 fully saturated rings. The minimum Gasteiger partial charge on any atom is -0.481 e. The van der Waals surface area contributed by atoms with E-state index in [1.807, 2.05) is 0 Å². The number of rotatable bonds is 3. The number of carbonyl (C=O) groups is 2. The molecule has 1 saturated heterocycles. The van der Waals surface area contributed by atoms with Crippen molar-refractivity contribution in [2.75, 3.05) is 13.1 Å². The maximum absolute atomic E-state index is 13.2. The molecule has 6 heteroatoms.